The number of rotatable bonds is 5. The van der Waals surface area contributed by atoms with Gasteiger partial charge in [-0.25, -0.2) is 9.78 Å². The fraction of sp³-hybridized carbons (Fsp3) is 0.471. The summed E-state index contributed by atoms with van der Waals surface area (Å²) in [6.07, 6.45) is 0.368. The van der Waals surface area contributed by atoms with Crippen molar-refractivity contribution in [1.82, 2.24) is 10.3 Å². The Morgan fingerprint density at radius 2 is 2.00 bits per heavy atom. The van der Waals surface area contributed by atoms with E-state index in [0.717, 1.165) is 10.2 Å². The van der Waals surface area contributed by atoms with Gasteiger partial charge in [-0.05, 0) is 39.3 Å². The second-order valence-electron chi connectivity index (χ2n) is 6.37. The minimum Gasteiger partial charge on any atom is -0.444 e. The van der Waals surface area contributed by atoms with Crippen molar-refractivity contribution in [3.63, 3.8) is 0 Å². The van der Waals surface area contributed by atoms with E-state index in [-0.39, 0.29) is 18.2 Å². The number of aromatic nitrogens is 1. The van der Waals surface area contributed by atoms with Gasteiger partial charge in [-0.1, -0.05) is 19.1 Å². The topological polar surface area (TPSA) is 68.3 Å². The Balaban J connectivity index is 2.00. The molecule has 0 radical (unpaired) electrons. The van der Waals surface area contributed by atoms with E-state index >= 15 is 0 Å². The van der Waals surface area contributed by atoms with E-state index in [4.69, 9.17) is 4.74 Å². The highest BCUT2D eigenvalue weighted by atomic mass is 32.1. The van der Waals surface area contributed by atoms with Gasteiger partial charge in [0.15, 0.2) is 10.8 Å². The molecule has 0 fully saturated rings. The fourth-order valence-corrected chi connectivity index (χ4v) is 2.99. The molecule has 1 aromatic carbocycles. The van der Waals surface area contributed by atoms with Crippen molar-refractivity contribution in [2.45, 2.75) is 52.2 Å². The maximum absolute atomic E-state index is 12.4. The number of nitrogens with zero attached hydrogens (tertiary/aromatic N) is 1. The van der Waals surface area contributed by atoms with Crippen LogP contribution in [0.3, 0.4) is 0 Å². The summed E-state index contributed by atoms with van der Waals surface area (Å²) in [6.45, 7) is 7.34. The predicted molar refractivity (Wildman–Crippen MR) is 92.0 cm³/mol. The van der Waals surface area contributed by atoms with Crippen molar-refractivity contribution in [2.75, 3.05) is 0 Å². The predicted octanol–water partition coefficient (Wildman–Crippen LogP) is 4.17. The Hall–Kier alpha value is -1.95. The monoisotopic (exact) mass is 334 g/mol. The quantitative estimate of drug-likeness (QED) is 0.833. The second-order valence-corrected chi connectivity index (χ2v) is 7.40. The number of carbonyl (C=O) groups is 2. The summed E-state index contributed by atoms with van der Waals surface area (Å²) in [7, 11) is 0. The number of hydrogen-bond acceptors (Lipinski definition) is 5. The number of nitrogens with one attached hydrogen (secondary N) is 1. The first-order valence-electron chi connectivity index (χ1n) is 7.67. The molecule has 0 aliphatic rings. The Kier molecular flexibility index (Phi) is 5.36. The lowest BCUT2D eigenvalue weighted by Crippen LogP contribution is -2.39. The summed E-state index contributed by atoms with van der Waals surface area (Å²) < 4.78 is 6.22. The van der Waals surface area contributed by atoms with E-state index in [0.29, 0.717) is 11.4 Å². The molecule has 1 atom stereocenters. The summed E-state index contributed by atoms with van der Waals surface area (Å²) in [5.74, 6) is -0.0610. The third-order valence-corrected chi connectivity index (χ3v) is 4.26. The molecule has 0 bridgehead atoms. The first-order valence-corrected chi connectivity index (χ1v) is 8.48. The molecule has 2 rings (SSSR count). The molecule has 2 aromatic rings. The first-order chi connectivity index (χ1) is 10.8. The summed E-state index contributed by atoms with van der Waals surface area (Å²) in [6, 6.07) is 7.39. The van der Waals surface area contributed by atoms with Crippen LogP contribution in [0.5, 0.6) is 0 Å². The van der Waals surface area contributed by atoms with E-state index in [1.807, 2.05) is 31.2 Å². The number of fused-ring (bicyclic) bond motifs is 1. The molecular weight excluding hydrogens is 312 g/mol. The smallest absolute Gasteiger partial charge is 0.407 e. The number of hydrogen-bond donors (Lipinski definition) is 1. The van der Waals surface area contributed by atoms with Crippen LogP contribution in [0.4, 0.5) is 4.79 Å². The summed E-state index contributed by atoms with van der Waals surface area (Å²) in [5, 5.41) is 3.23. The van der Waals surface area contributed by atoms with Gasteiger partial charge >= 0.3 is 6.09 Å². The minimum atomic E-state index is -0.556. The zero-order valence-corrected chi connectivity index (χ0v) is 14.7. The van der Waals surface area contributed by atoms with Crippen molar-refractivity contribution in [3.05, 3.63) is 29.3 Å². The van der Waals surface area contributed by atoms with Crippen LogP contribution in [0.25, 0.3) is 10.2 Å². The number of ketones is 1. The Morgan fingerprint density at radius 1 is 1.30 bits per heavy atom. The lowest BCUT2D eigenvalue weighted by molar-refractivity contribution is 0.0500. The number of thiazole rings is 1. The molecule has 5 nitrogen and oxygen atoms in total. The molecule has 0 aliphatic heterocycles. The Morgan fingerprint density at radius 3 is 2.61 bits per heavy atom. The lowest BCUT2D eigenvalue weighted by Gasteiger charge is -2.22. The molecule has 124 valence electrons. The molecule has 1 unspecified atom stereocenters. The standard InChI is InChI=1S/C17H22N2O3S/c1-5-11(18-16(21)22-17(2,3)4)10-13(20)15-19-12-8-6-7-9-14(12)23-15/h6-9,11H,5,10H2,1-4H3,(H,18,21). The average molecular weight is 334 g/mol. The van der Waals surface area contributed by atoms with E-state index in [1.54, 1.807) is 20.8 Å². The third kappa shape index (κ3) is 5.03. The van der Waals surface area contributed by atoms with Crippen molar-refractivity contribution in [3.8, 4) is 0 Å². The van der Waals surface area contributed by atoms with Crippen LogP contribution >= 0.6 is 11.3 Å². The normalized spacial score (nSPS) is 12.9. The molecule has 1 heterocycles. The van der Waals surface area contributed by atoms with Crippen LogP contribution in [0, 0.1) is 0 Å². The van der Waals surface area contributed by atoms with Gasteiger partial charge in [0.2, 0.25) is 0 Å². The molecule has 1 aromatic heterocycles. The number of Topliss-reactive ketones (excluding diaryl/α,β-unsaturated/α-hetero) is 1. The van der Waals surface area contributed by atoms with Crippen molar-refractivity contribution >= 4 is 33.4 Å². The van der Waals surface area contributed by atoms with Gasteiger partial charge < -0.3 is 10.1 Å². The highest BCUT2D eigenvalue weighted by molar-refractivity contribution is 7.20. The highest BCUT2D eigenvalue weighted by Crippen LogP contribution is 2.23. The maximum atomic E-state index is 12.4. The molecule has 0 aliphatic carbocycles. The zero-order valence-electron chi connectivity index (χ0n) is 13.9. The summed E-state index contributed by atoms with van der Waals surface area (Å²) in [5.41, 5.74) is 0.272. The summed E-state index contributed by atoms with van der Waals surface area (Å²) >= 11 is 1.38. The molecular formula is C17H22N2O3S. The van der Waals surface area contributed by atoms with Gasteiger partial charge in [0.25, 0.3) is 0 Å². The van der Waals surface area contributed by atoms with Crippen LogP contribution in [0.2, 0.25) is 0 Å². The summed E-state index contributed by atoms with van der Waals surface area (Å²) in [4.78, 5) is 28.6. The van der Waals surface area contributed by atoms with E-state index < -0.39 is 11.7 Å². The zero-order chi connectivity index (χ0) is 17.0. The molecule has 0 saturated heterocycles. The van der Waals surface area contributed by atoms with Crippen molar-refractivity contribution in [2.24, 2.45) is 0 Å². The minimum absolute atomic E-state index is 0.0610. The number of benzene rings is 1. The van der Waals surface area contributed by atoms with Crippen molar-refractivity contribution < 1.29 is 14.3 Å². The second kappa shape index (κ2) is 7.08. The van der Waals surface area contributed by atoms with Crippen LogP contribution in [0.15, 0.2) is 24.3 Å². The maximum Gasteiger partial charge on any atom is 0.407 e. The van der Waals surface area contributed by atoms with Crippen molar-refractivity contribution in [1.29, 1.82) is 0 Å². The largest absolute Gasteiger partial charge is 0.444 e. The SMILES string of the molecule is CCC(CC(=O)c1nc2ccccc2s1)NC(=O)OC(C)(C)C. The van der Waals surface area contributed by atoms with Gasteiger partial charge in [-0.3, -0.25) is 4.79 Å². The molecule has 1 amide bonds. The van der Waals surface area contributed by atoms with Crippen LogP contribution in [-0.4, -0.2) is 28.5 Å². The molecule has 23 heavy (non-hydrogen) atoms. The Labute approximate surface area is 140 Å². The number of alkyl carbamates (subject to hydrolysis) is 1. The number of para-hydroxylation sites is 1. The molecule has 0 saturated carbocycles. The average Bonchev–Trinajstić information content (AvgIpc) is 2.88. The van der Waals surface area contributed by atoms with Gasteiger partial charge in [0.1, 0.15) is 5.60 Å². The molecule has 0 spiro atoms. The highest BCUT2D eigenvalue weighted by Gasteiger charge is 2.22. The van der Waals surface area contributed by atoms with Gasteiger partial charge in [-0.15, -0.1) is 11.3 Å². The van der Waals surface area contributed by atoms with Gasteiger partial charge in [-0.2, -0.15) is 0 Å². The third-order valence-electron chi connectivity index (χ3n) is 3.18. The number of ether oxygens (including phenoxy) is 1. The fourth-order valence-electron chi connectivity index (χ4n) is 2.07. The first kappa shape index (κ1) is 17.4. The van der Waals surface area contributed by atoms with E-state index in [1.165, 1.54) is 11.3 Å². The van der Waals surface area contributed by atoms with E-state index in [9.17, 15) is 9.59 Å². The van der Waals surface area contributed by atoms with Gasteiger partial charge in [0, 0.05) is 12.5 Å². The Bertz CT molecular complexity index is 670. The molecule has 1 N–H and O–H groups in total. The number of amides is 1. The lowest BCUT2D eigenvalue weighted by atomic mass is 10.1. The van der Waals surface area contributed by atoms with Crippen LogP contribution in [-0.2, 0) is 4.74 Å². The van der Waals surface area contributed by atoms with E-state index in [2.05, 4.69) is 10.3 Å². The van der Waals surface area contributed by atoms with Gasteiger partial charge in [0.05, 0.1) is 10.2 Å². The molecule has 6 heteroatoms. The van der Waals surface area contributed by atoms with Crippen LogP contribution in [0.1, 0.15) is 50.3 Å². The van der Waals surface area contributed by atoms with Crippen LogP contribution < -0.4 is 5.32 Å². The number of carbonyl (C=O) groups excluding carboxylic acids is 2.